The van der Waals surface area contributed by atoms with Crippen LogP contribution in [-0.2, 0) is 0 Å². The van der Waals surface area contributed by atoms with Gasteiger partial charge in [-0.25, -0.2) is 10.4 Å². The Morgan fingerprint density at radius 1 is 0.974 bits per heavy atom. The second kappa shape index (κ2) is 11.4. The Morgan fingerprint density at radius 3 is 2.44 bits per heavy atom. The molecular formula is C31H28BrN5OS. The summed E-state index contributed by atoms with van der Waals surface area (Å²) in [6.07, 6.45) is 1.69. The summed E-state index contributed by atoms with van der Waals surface area (Å²) in [6, 6.07) is 23.9. The van der Waals surface area contributed by atoms with E-state index >= 15 is 0 Å². The van der Waals surface area contributed by atoms with E-state index < -0.39 is 0 Å². The number of amides is 1. The van der Waals surface area contributed by atoms with Crippen LogP contribution in [0, 0.1) is 27.7 Å². The second-order valence-corrected chi connectivity index (χ2v) is 11.1. The predicted molar refractivity (Wildman–Crippen MR) is 165 cm³/mol. The normalized spacial score (nSPS) is 11.2. The first kappa shape index (κ1) is 26.6. The topological polar surface area (TPSA) is 71.3 Å². The van der Waals surface area contributed by atoms with Crippen molar-refractivity contribution < 1.29 is 4.79 Å². The molecule has 2 heterocycles. The van der Waals surface area contributed by atoms with Gasteiger partial charge in [-0.3, -0.25) is 4.79 Å². The number of halogens is 1. The number of hydrazone groups is 1. The van der Waals surface area contributed by atoms with Gasteiger partial charge in [0.1, 0.15) is 0 Å². The standard InChI is InChI=1S/C31H28BrN5OS/c1-19-5-11-26(12-6-19)34-31-35-29(18-39-31)23-7-9-24(10-8-23)30(38)36-33-17-25-16-21(3)37(22(25)4)27-13-14-28(32)20(2)15-27/h5-18H,1-4H3,(H,34,35)(H,36,38)/b33-17-. The van der Waals surface area contributed by atoms with Crippen LogP contribution in [0.5, 0.6) is 0 Å². The fourth-order valence-corrected chi connectivity index (χ4v) is 5.31. The fraction of sp³-hybridized carbons (Fsp3) is 0.129. The van der Waals surface area contributed by atoms with Crippen molar-refractivity contribution in [2.75, 3.05) is 5.32 Å². The maximum Gasteiger partial charge on any atom is 0.271 e. The van der Waals surface area contributed by atoms with Crippen molar-refractivity contribution in [1.82, 2.24) is 15.0 Å². The zero-order chi connectivity index (χ0) is 27.5. The first-order chi connectivity index (χ1) is 18.8. The van der Waals surface area contributed by atoms with Gasteiger partial charge in [-0.15, -0.1) is 11.3 Å². The van der Waals surface area contributed by atoms with Crippen LogP contribution in [0.3, 0.4) is 0 Å². The quantitative estimate of drug-likeness (QED) is 0.147. The highest BCUT2D eigenvalue weighted by molar-refractivity contribution is 9.10. The molecule has 0 saturated carbocycles. The molecule has 8 heteroatoms. The van der Waals surface area contributed by atoms with E-state index in [4.69, 9.17) is 0 Å². The average Bonchev–Trinajstić information content (AvgIpc) is 3.50. The lowest BCUT2D eigenvalue weighted by atomic mass is 10.1. The molecule has 0 spiro atoms. The lowest BCUT2D eigenvalue weighted by molar-refractivity contribution is 0.0955. The molecule has 5 rings (SSSR count). The van der Waals surface area contributed by atoms with Crippen LogP contribution in [0.1, 0.15) is 38.4 Å². The Kier molecular flexibility index (Phi) is 7.77. The molecule has 5 aromatic rings. The summed E-state index contributed by atoms with van der Waals surface area (Å²) in [4.78, 5) is 17.4. The van der Waals surface area contributed by atoms with Crippen LogP contribution in [0.2, 0.25) is 0 Å². The first-order valence-corrected chi connectivity index (χ1v) is 14.1. The number of hydrogen-bond donors (Lipinski definition) is 2. The van der Waals surface area contributed by atoms with Crippen LogP contribution in [-0.4, -0.2) is 21.7 Å². The average molecular weight is 599 g/mol. The third-order valence-corrected chi connectivity index (χ3v) is 8.14. The van der Waals surface area contributed by atoms with E-state index in [1.54, 1.807) is 29.7 Å². The molecule has 0 atom stereocenters. The van der Waals surface area contributed by atoms with E-state index in [1.807, 2.05) is 36.6 Å². The van der Waals surface area contributed by atoms with Crippen molar-refractivity contribution >= 4 is 50.2 Å². The second-order valence-electron chi connectivity index (χ2n) is 9.40. The Labute approximate surface area is 240 Å². The number of benzene rings is 3. The number of rotatable bonds is 7. The molecule has 0 saturated heterocycles. The smallest absolute Gasteiger partial charge is 0.271 e. The maximum atomic E-state index is 12.7. The highest BCUT2D eigenvalue weighted by Crippen LogP contribution is 2.28. The van der Waals surface area contributed by atoms with Gasteiger partial charge in [0, 0.05) is 49.3 Å². The van der Waals surface area contributed by atoms with Crippen LogP contribution in [0.25, 0.3) is 16.9 Å². The van der Waals surface area contributed by atoms with E-state index in [0.29, 0.717) is 5.56 Å². The predicted octanol–water partition coefficient (Wildman–Crippen LogP) is 8.10. The zero-order valence-corrected chi connectivity index (χ0v) is 24.5. The monoisotopic (exact) mass is 597 g/mol. The highest BCUT2D eigenvalue weighted by atomic mass is 79.9. The molecule has 1 amide bonds. The molecule has 0 unspecified atom stereocenters. The van der Waals surface area contributed by atoms with E-state index in [1.165, 1.54) is 11.1 Å². The summed E-state index contributed by atoms with van der Waals surface area (Å²) in [5.74, 6) is -0.268. The Morgan fingerprint density at radius 2 is 1.72 bits per heavy atom. The number of thiazole rings is 1. The minimum Gasteiger partial charge on any atom is -0.332 e. The number of anilines is 2. The number of hydrogen-bond acceptors (Lipinski definition) is 5. The van der Waals surface area contributed by atoms with Crippen molar-refractivity contribution in [3.63, 3.8) is 0 Å². The van der Waals surface area contributed by atoms with Crippen LogP contribution < -0.4 is 10.7 Å². The van der Waals surface area contributed by atoms with Crippen molar-refractivity contribution in [2.45, 2.75) is 27.7 Å². The fourth-order valence-electron chi connectivity index (χ4n) is 4.33. The molecule has 3 aromatic carbocycles. The molecule has 2 aromatic heterocycles. The summed E-state index contributed by atoms with van der Waals surface area (Å²) in [6.45, 7) is 8.25. The number of carbonyl (C=O) groups is 1. The molecule has 0 aliphatic carbocycles. The number of nitrogens with one attached hydrogen (secondary N) is 2. The van der Waals surface area contributed by atoms with E-state index in [2.05, 4.69) is 98.5 Å². The Hall–Kier alpha value is -4.01. The van der Waals surface area contributed by atoms with Gasteiger partial charge >= 0.3 is 0 Å². The van der Waals surface area contributed by atoms with E-state index in [9.17, 15) is 4.79 Å². The van der Waals surface area contributed by atoms with Gasteiger partial charge in [0.25, 0.3) is 5.91 Å². The van der Waals surface area contributed by atoms with Crippen molar-refractivity contribution in [2.24, 2.45) is 5.10 Å². The molecule has 0 fully saturated rings. The van der Waals surface area contributed by atoms with Gasteiger partial charge in [0.15, 0.2) is 5.13 Å². The molecule has 196 valence electrons. The Bertz CT molecular complexity index is 1670. The van der Waals surface area contributed by atoms with E-state index in [0.717, 1.165) is 49.2 Å². The minimum absolute atomic E-state index is 0.268. The van der Waals surface area contributed by atoms with Gasteiger partial charge < -0.3 is 9.88 Å². The summed E-state index contributed by atoms with van der Waals surface area (Å²) in [7, 11) is 0. The third kappa shape index (κ3) is 6.02. The van der Waals surface area contributed by atoms with Gasteiger partial charge in [0.05, 0.1) is 11.9 Å². The van der Waals surface area contributed by atoms with Crippen molar-refractivity contribution in [3.05, 3.63) is 116 Å². The Balaban J connectivity index is 1.23. The summed E-state index contributed by atoms with van der Waals surface area (Å²) in [5, 5.41) is 10.4. The number of nitrogens with zero attached hydrogens (tertiary/aromatic N) is 3. The SMILES string of the molecule is Cc1ccc(Nc2nc(-c3ccc(C(=O)N/N=C\c4cc(C)n(-c5ccc(Br)c(C)c5)c4C)cc3)cs2)cc1. The summed E-state index contributed by atoms with van der Waals surface area (Å²) < 4.78 is 3.26. The van der Waals surface area contributed by atoms with Crippen LogP contribution in [0.15, 0.2) is 87.8 Å². The van der Waals surface area contributed by atoms with E-state index in [-0.39, 0.29) is 5.91 Å². The zero-order valence-electron chi connectivity index (χ0n) is 22.1. The number of carbonyl (C=O) groups excluding carboxylic acids is 1. The van der Waals surface area contributed by atoms with Crippen LogP contribution in [0.4, 0.5) is 10.8 Å². The van der Waals surface area contributed by atoms with Gasteiger partial charge in [0.2, 0.25) is 0 Å². The largest absolute Gasteiger partial charge is 0.332 e. The van der Waals surface area contributed by atoms with Gasteiger partial charge in [-0.2, -0.15) is 5.10 Å². The number of aromatic nitrogens is 2. The molecule has 0 aliphatic rings. The molecule has 39 heavy (non-hydrogen) atoms. The third-order valence-electron chi connectivity index (χ3n) is 6.49. The molecule has 0 aliphatic heterocycles. The molecule has 0 radical (unpaired) electrons. The summed E-state index contributed by atoms with van der Waals surface area (Å²) >= 11 is 5.11. The highest BCUT2D eigenvalue weighted by Gasteiger charge is 2.11. The summed E-state index contributed by atoms with van der Waals surface area (Å²) in [5.41, 5.74) is 12.5. The van der Waals surface area contributed by atoms with Crippen LogP contribution >= 0.6 is 27.3 Å². The lowest BCUT2D eigenvalue weighted by Gasteiger charge is -2.11. The molecular weight excluding hydrogens is 570 g/mol. The van der Waals surface area contributed by atoms with Crippen molar-refractivity contribution in [3.8, 4) is 16.9 Å². The number of aryl methyl sites for hydroxylation is 3. The molecule has 6 nitrogen and oxygen atoms in total. The van der Waals surface area contributed by atoms with Crippen molar-refractivity contribution in [1.29, 1.82) is 0 Å². The first-order valence-electron chi connectivity index (χ1n) is 12.5. The molecule has 0 bridgehead atoms. The molecule has 2 N–H and O–H groups in total. The van der Waals surface area contributed by atoms with Gasteiger partial charge in [-0.05, 0) is 81.8 Å². The lowest BCUT2D eigenvalue weighted by Crippen LogP contribution is -2.17. The maximum absolute atomic E-state index is 12.7. The minimum atomic E-state index is -0.268. The van der Waals surface area contributed by atoms with Gasteiger partial charge in [-0.1, -0.05) is 45.8 Å².